The van der Waals surface area contributed by atoms with Gasteiger partial charge >= 0.3 is 0 Å². The Kier molecular flexibility index (Phi) is 5.40. The Labute approximate surface area is 215 Å². The van der Waals surface area contributed by atoms with E-state index in [0.29, 0.717) is 22.7 Å². The van der Waals surface area contributed by atoms with E-state index in [-0.39, 0.29) is 11.2 Å². The highest BCUT2D eigenvalue weighted by Crippen LogP contribution is 2.35. The standard InChI is InChI=1S/C27H22FN7OS/c28-23-4-3-22(37-23)19-7-10-31-26-24(19)32-27(33-26)25-20-12-15(1-2-21(20)34-35-25)16-11-18(14-30-13-16)36-17-5-8-29-9-6-17/h1-4,7,10-14,17,29H,5-6,8-9H2,(H,34,35)(H,31,32,33). The van der Waals surface area contributed by atoms with Crippen LogP contribution in [0.4, 0.5) is 4.39 Å². The predicted molar refractivity (Wildman–Crippen MR) is 142 cm³/mol. The number of nitrogens with one attached hydrogen (secondary N) is 3. The number of pyridine rings is 2. The van der Waals surface area contributed by atoms with Crippen LogP contribution in [0.25, 0.3) is 55.2 Å². The van der Waals surface area contributed by atoms with Gasteiger partial charge in [-0.05, 0) is 67.9 Å². The number of halogens is 1. The van der Waals surface area contributed by atoms with Gasteiger partial charge in [-0.25, -0.2) is 9.97 Å². The smallest absolute Gasteiger partial charge is 0.176 e. The maximum atomic E-state index is 13.7. The predicted octanol–water partition coefficient (Wildman–Crippen LogP) is 5.56. The van der Waals surface area contributed by atoms with Gasteiger partial charge in [0.1, 0.15) is 23.1 Å². The average molecular weight is 512 g/mol. The second-order valence-electron chi connectivity index (χ2n) is 9.05. The van der Waals surface area contributed by atoms with Crippen molar-refractivity contribution in [3.8, 4) is 38.8 Å². The van der Waals surface area contributed by atoms with Crippen molar-refractivity contribution in [2.24, 2.45) is 0 Å². The summed E-state index contributed by atoms with van der Waals surface area (Å²) in [7, 11) is 0. The highest BCUT2D eigenvalue weighted by Gasteiger charge is 2.18. The van der Waals surface area contributed by atoms with Gasteiger partial charge < -0.3 is 15.0 Å². The molecule has 5 aromatic heterocycles. The second-order valence-corrected chi connectivity index (χ2v) is 10.1. The van der Waals surface area contributed by atoms with Crippen molar-refractivity contribution in [3.63, 3.8) is 0 Å². The number of rotatable bonds is 5. The van der Waals surface area contributed by atoms with Crippen LogP contribution in [0.2, 0.25) is 0 Å². The van der Waals surface area contributed by atoms with Crippen LogP contribution in [0.15, 0.2) is 61.1 Å². The zero-order valence-corrected chi connectivity index (χ0v) is 20.5. The first kappa shape index (κ1) is 22.1. The quantitative estimate of drug-likeness (QED) is 0.280. The van der Waals surface area contributed by atoms with Crippen LogP contribution in [-0.2, 0) is 0 Å². The number of aromatic amines is 2. The monoisotopic (exact) mass is 511 g/mol. The summed E-state index contributed by atoms with van der Waals surface area (Å²) >= 11 is 1.09. The van der Waals surface area contributed by atoms with Crippen LogP contribution in [0, 0.1) is 5.13 Å². The molecule has 1 saturated heterocycles. The van der Waals surface area contributed by atoms with E-state index in [9.17, 15) is 4.39 Å². The van der Waals surface area contributed by atoms with Gasteiger partial charge in [-0.1, -0.05) is 6.07 Å². The van der Waals surface area contributed by atoms with Crippen molar-refractivity contribution in [2.75, 3.05) is 13.1 Å². The van der Waals surface area contributed by atoms with E-state index in [2.05, 4.69) is 36.5 Å². The lowest BCUT2D eigenvalue weighted by molar-refractivity contribution is 0.162. The van der Waals surface area contributed by atoms with E-state index in [1.54, 1.807) is 18.5 Å². The van der Waals surface area contributed by atoms with Crippen molar-refractivity contribution in [3.05, 3.63) is 66.2 Å². The Morgan fingerprint density at radius 3 is 2.78 bits per heavy atom. The number of benzene rings is 1. The lowest BCUT2D eigenvalue weighted by Crippen LogP contribution is -2.34. The maximum absolute atomic E-state index is 13.7. The molecule has 0 unspecified atom stereocenters. The Bertz CT molecular complexity index is 1730. The Morgan fingerprint density at radius 2 is 1.92 bits per heavy atom. The van der Waals surface area contributed by atoms with E-state index in [1.807, 2.05) is 30.5 Å². The van der Waals surface area contributed by atoms with Crippen molar-refractivity contribution in [1.82, 2.24) is 35.5 Å². The van der Waals surface area contributed by atoms with Crippen molar-refractivity contribution < 1.29 is 9.13 Å². The number of nitrogens with zero attached hydrogens (tertiary/aromatic N) is 4. The molecule has 1 fully saturated rings. The summed E-state index contributed by atoms with van der Waals surface area (Å²) in [5, 5.41) is 11.7. The fourth-order valence-electron chi connectivity index (χ4n) is 4.80. The van der Waals surface area contributed by atoms with Gasteiger partial charge in [0.2, 0.25) is 0 Å². The molecule has 0 saturated carbocycles. The van der Waals surface area contributed by atoms with E-state index >= 15 is 0 Å². The highest BCUT2D eigenvalue weighted by atomic mass is 32.1. The number of hydrogen-bond acceptors (Lipinski definition) is 7. The molecule has 1 aromatic carbocycles. The number of aromatic nitrogens is 6. The number of piperidine rings is 1. The lowest BCUT2D eigenvalue weighted by atomic mass is 10.0. The fourth-order valence-corrected chi connectivity index (χ4v) is 5.56. The van der Waals surface area contributed by atoms with Crippen molar-refractivity contribution in [1.29, 1.82) is 0 Å². The molecule has 6 aromatic rings. The van der Waals surface area contributed by atoms with Crippen LogP contribution >= 0.6 is 11.3 Å². The van der Waals surface area contributed by atoms with Gasteiger partial charge in [0, 0.05) is 33.8 Å². The third kappa shape index (κ3) is 4.13. The van der Waals surface area contributed by atoms with Crippen LogP contribution in [0.5, 0.6) is 5.75 Å². The van der Waals surface area contributed by atoms with Crippen molar-refractivity contribution in [2.45, 2.75) is 18.9 Å². The van der Waals surface area contributed by atoms with Crippen LogP contribution in [0.3, 0.4) is 0 Å². The zero-order valence-electron chi connectivity index (χ0n) is 19.7. The first-order valence-corrected chi connectivity index (χ1v) is 12.9. The molecule has 184 valence electrons. The molecule has 0 aliphatic carbocycles. The highest BCUT2D eigenvalue weighted by molar-refractivity contribution is 7.14. The summed E-state index contributed by atoms with van der Waals surface area (Å²) < 4.78 is 19.9. The normalized spacial score (nSPS) is 14.5. The molecule has 0 radical (unpaired) electrons. The Morgan fingerprint density at radius 1 is 1.00 bits per heavy atom. The molecule has 7 rings (SSSR count). The number of H-pyrrole nitrogens is 2. The van der Waals surface area contributed by atoms with Gasteiger partial charge in [-0.15, -0.1) is 11.3 Å². The summed E-state index contributed by atoms with van der Waals surface area (Å²) in [6.07, 6.45) is 7.50. The fraction of sp³-hybridized carbons (Fsp3) is 0.185. The first-order valence-electron chi connectivity index (χ1n) is 12.1. The number of hydrogen-bond donors (Lipinski definition) is 3. The van der Waals surface area contributed by atoms with Crippen molar-refractivity contribution >= 4 is 33.4 Å². The summed E-state index contributed by atoms with van der Waals surface area (Å²) in [4.78, 5) is 17.8. The molecule has 1 aliphatic rings. The summed E-state index contributed by atoms with van der Waals surface area (Å²) in [6, 6.07) is 13.2. The van der Waals surface area contributed by atoms with Gasteiger partial charge in [-0.2, -0.15) is 9.49 Å². The van der Waals surface area contributed by atoms with E-state index in [1.165, 1.54) is 6.07 Å². The molecule has 0 amide bonds. The second kappa shape index (κ2) is 9.06. The minimum atomic E-state index is -0.235. The molecular weight excluding hydrogens is 489 g/mol. The zero-order chi connectivity index (χ0) is 24.8. The van der Waals surface area contributed by atoms with E-state index < -0.39 is 0 Å². The Balaban J connectivity index is 1.26. The minimum absolute atomic E-state index is 0.207. The molecule has 10 heteroatoms. The maximum Gasteiger partial charge on any atom is 0.176 e. The minimum Gasteiger partial charge on any atom is -0.489 e. The first-order chi connectivity index (χ1) is 18.2. The number of thiophene rings is 1. The van der Waals surface area contributed by atoms with Crippen LogP contribution in [-0.4, -0.2) is 49.3 Å². The molecular formula is C27H22FN7OS. The van der Waals surface area contributed by atoms with Gasteiger partial charge in [0.25, 0.3) is 0 Å². The van der Waals surface area contributed by atoms with Gasteiger partial charge in [-0.3, -0.25) is 10.1 Å². The van der Waals surface area contributed by atoms with Crippen LogP contribution in [0.1, 0.15) is 12.8 Å². The summed E-state index contributed by atoms with van der Waals surface area (Å²) in [5.74, 6) is 1.37. The van der Waals surface area contributed by atoms with Gasteiger partial charge in [0.15, 0.2) is 16.6 Å². The third-order valence-corrected chi connectivity index (χ3v) is 7.55. The van der Waals surface area contributed by atoms with E-state index in [0.717, 1.165) is 75.5 Å². The molecule has 0 bridgehead atoms. The summed E-state index contributed by atoms with van der Waals surface area (Å²) in [6.45, 7) is 1.95. The van der Waals surface area contributed by atoms with E-state index in [4.69, 9.17) is 9.72 Å². The molecule has 8 nitrogen and oxygen atoms in total. The number of fused-ring (bicyclic) bond motifs is 2. The lowest BCUT2D eigenvalue weighted by Gasteiger charge is -2.23. The molecule has 0 spiro atoms. The Hall–Kier alpha value is -4.15. The van der Waals surface area contributed by atoms with Gasteiger partial charge in [0.05, 0.1) is 11.7 Å². The largest absolute Gasteiger partial charge is 0.489 e. The average Bonchev–Trinajstić information content (AvgIpc) is 3.66. The topological polar surface area (TPSA) is 104 Å². The van der Waals surface area contributed by atoms with Crippen LogP contribution < -0.4 is 10.1 Å². The third-order valence-electron chi connectivity index (χ3n) is 6.65. The SMILES string of the molecule is Fc1ccc(-c2ccnc3[nH]c(-c4n[nH]c5ccc(-c6cncc(OC7CCNCC7)c6)cc45)nc23)s1. The molecule has 3 N–H and O–H groups in total. The molecule has 37 heavy (non-hydrogen) atoms. The summed E-state index contributed by atoms with van der Waals surface area (Å²) in [5.41, 5.74) is 5.69. The number of ether oxygens (including phenoxy) is 1. The molecule has 1 aliphatic heterocycles. The number of imidazole rings is 1. The molecule has 0 atom stereocenters. The molecule has 6 heterocycles.